The number of nitrogens with one attached hydrogen (secondary N) is 1. The molecule has 2 fully saturated rings. The van der Waals surface area contributed by atoms with Gasteiger partial charge < -0.3 is 19.9 Å². The zero-order valence-electron chi connectivity index (χ0n) is 21.1. The number of amides is 2. The minimum atomic E-state index is -0.0579. The number of carbonyl (C=O) groups is 2. The molecule has 0 spiro atoms. The second-order valence-corrected chi connectivity index (χ2v) is 10.3. The molecule has 1 saturated heterocycles. The van der Waals surface area contributed by atoms with E-state index in [0.29, 0.717) is 13.1 Å². The second kappa shape index (κ2) is 12.0. The molecule has 1 saturated carbocycles. The number of anilines is 1. The highest BCUT2D eigenvalue weighted by molar-refractivity contribution is 5.97. The van der Waals surface area contributed by atoms with Gasteiger partial charge in [0.05, 0.1) is 12.2 Å². The van der Waals surface area contributed by atoms with E-state index in [1.54, 1.807) is 4.90 Å². The SMILES string of the molecule is Cc1ccc2c(c1)N(C(=O)CCC(=O)NCCCN1CCN(C3CCCCC3)CC1)C[C@H](C)O2. The third kappa shape index (κ3) is 6.72. The predicted octanol–water partition coefficient (Wildman–Crippen LogP) is 3.35. The Morgan fingerprint density at radius 1 is 1.06 bits per heavy atom. The molecular weight excluding hydrogens is 428 g/mol. The highest BCUT2D eigenvalue weighted by Crippen LogP contribution is 2.34. The topological polar surface area (TPSA) is 65.1 Å². The Hall–Kier alpha value is -2.12. The zero-order chi connectivity index (χ0) is 23.9. The summed E-state index contributed by atoms with van der Waals surface area (Å²) in [4.78, 5) is 32.2. The molecule has 34 heavy (non-hydrogen) atoms. The quantitative estimate of drug-likeness (QED) is 0.591. The average Bonchev–Trinajstić information content (AvgIpc) is 2.86. The van der Waals surface area contributed by atoms with Gasteiger partial charge in [0.25, 0.3) is 0 Å². The number of rotatable bonds is 8. The van der Waals surface area contributed by atoms with Crippen LogP contribution in [0.5, 0.6) is 5.75 Å². The fourth-order valence-electron chi connectivity index (χ4n) is 5.56. The van der Waals surface area contributed by atoms with Crippen LogP contribution in [-0.2, 0) is 9.59 Å². The Morgan fingerprint density at radius 3 is 2.59 bits per heavy atom. The summed E-state index contributed by atoms with van der Waals surface area (Å²) in [5, 5.41) is 3.01. The lowest BCUT2D eigenvalue weighted by Crippen LogP contribution is -2.51. The molecule has 2 amide bonds. The molecule has 2 aliphatic heterocycles. The van der Waals surface area contributed by atoms with Crippen LogP contribution in [0.1, 0.15) is 63.9 Å². The molecular formula is C27H42N4O3. The van der Waals surface area contributed by atoms with E-state index in [9.17, 15) is 9.59 Å². The number of ether oxygens (including phenoxy) is 1. The van der Waals surface area contributed by atoms with Crippen molar-refractivity contribution in [2.24, 2.45) is 0 Å². The van der Waals surface area contributed by atoms with Crippen LogP contribution in [0.2, 0.25) is 0 Å². The van der Waals surface area contributed by atoms with Crippen LogP contribution < -0.4 is 15.0 Å². The molecule has 0 bridgehead atoms. The Morgan fingerprint density at radius 2 is 1.82 bits per heavy atom. The molecule has 0 unspecified atom stereocenters. The molecule has 1 N–H and O–H groups in total. The number of carbonyl (C=O) groups excluding carboxylic acids is 2. The zero-order valence-corrected chi connectivity index (χ0v) is 21.1. The van der Waals surface area contributed by atoms with Crippen LogP contribution in [0.25, 0.3) is 0 Å². The van der Waals surface area contributed by atoms with Crippen molar-refractivity contribution < 1.29 is 14.3 Å². The van der Waals surface area contributed by atoms with Crippen molar-refractivity contribution in [1.82, 2.24) is 15.1 Å². The number of piperazine rings is 1. The third-order valence-electron chi connectivity index (χ3n) is 7.51. The van der Waals surface area contributed by atoms with E-state index >= 15 is 0 Å². The number of hydrogen-bond acceptors (Lipinski definition) is 5. The highest BCUT2D eigenvalue weighted by Gasteiger charge is 2.28. The molecule has 0 radical (unpaired) electrons. The van der Waals surface area contributed by atoms with Gasteiger partial charge in [0.1, 0.15) is 11.9 Å². The molecule has 1 atom stereocenters. The van der Waals surface area contributed by atoms with Crippen molar-refractivity contribution in [3.05, 3.63) is 23.8 Å². The molecule has 2 heterocycles. The maximum atomic E-state index is 12.9. The van der Waals surface area contributed by atoms with Gasteiger partial charge in [-0.05, 0) is 57.4 Å². The third-order valence-corrected chi connectivity index (χ3v) is 7.51. The van der Waals surface area contributed by atoms with Crippen molar-refractivity contribution in [2.75, 3.05) is 50.7 Å². The lowest BCUT2D eigenvalue weighted by Gasteiger charge is -2.40. The Labute approximate surface area is 204 Å². The molecule has 1 aromatic carbocycles. The molecule has 0 aromatic heterocycles. The van der Waals surface area contributed by atoms with Crippen molar-refractivity contribution in [1.29, 1.82) is 0 Å². The van der Waals surface area contributed by atoms with E-state index < -0.39 is 0 Å². The summed E-state index contributed by atoms with van der Waals surface area (Å²) in [7, 11) is 0. The summed E-state index contributed by atoms with van der Waals surface area (Å²) in [6, 6.07) is 6.71. The first-order chi connectivity index (χ1) is 16.5. The lowest BCUT2D eigenvalue weighted by molar-refractivity contribution is -0.125. The van der Waals surface area contributed by atoms with Gasteiger partial charge in [0.15, 0.2) is 0 Å². The fraction of sp³-hybridized carbons (Fsp3) is 0.704. The smallest absolute Gasteiger partial charge is 0.227 e. The number of fused-ring (bicyclic) bond motifs is 1. The van der Waals surface area contributed by atoms with Gasteiger partial charge in [0.2, 0.25) is 11.8 Å². The summed E-state index contributed by atoms with van der Waals surface area (Å²) in [5.74, 6) is 0.677. The van der Waals surface area contributed by atoms with Crippen molar-refractivity contribution in [3.8, 4) is 5.75 Å². The lowest BCUT2D eigenvalue weighted by atomic mass is 9.94. The molecule has 3 aliphatic rings. The Kier molecular flexibility index (Phi) is 8.84. The van der Waals surface area contributed by atoms with Gasteiger partial charge in [0, 0.05) is 51.6 Å². The molecule has 7 heteroatoms. The highest BCUT2D eigenvalue weighted by atomic mass is 16.5. The second-order valence-electron chi connectivity index (χ2n) is 10.3. The van der Waals surface area contributed by atoms with Crippen LogP contribution in [0, 0.1) is 6.92 Å². The maximum Gasteiger partial charge on any atom is 0.227 e. The van der Waals surface area contributed by atoms with Gasteiger partial charge in [-0.2, -0.15) is 0 Å². The minimum Gasteiger partial charge on any atom is -0.487 e. The van der Waals surface area contributed by atoms with Crippen LogP contribution in [0.3, 0.4) is 0 Å². The number of benzene rings is 1. The van der Waals surface area contributed by atoms with Crippen molar-refractivity contribution >= 4 is 17.5 Å². The molecule has 4 rings (SSSR count). The maximum absolute atomic E-state index is 12.9. The van der Waals surface area contributed by atoms with Gasteiger partial charge in [-0.3, -0.25) is 14.5 Å². The van der Waals surface area contributed by atoms with Crippen LogP contribution in [-0.4, -0.2) is 79.6 Å². The summed E-state index contributed by atoms with van der Waals surface area (Å²) in [5.41, 5.74) is 1.90. The van der Waals surface area contributed by atoms with Gasteiger partial charge in [-0.1, -0.05) is 25.3 Å². The summed E-state index contributed by atoms with van der Waals surface area (Å²) in [6.45, 7) is 10.8. The van der Waals surface area contributed by atoms with Gasteiger partial charge >= 0.3 is 0 Å². The van der Waals surface area contributed by atoms with E-state index in [-0.39, 0.29) is 30.8 Å². The van der Waals surface area contributed by atoms with E-state index in [1.807, 2.05) is 32.0 Å². The minimum absolute atomic E-state index is 0.0204. The monoisotopic (exact) mass is 470 g/mol. The van der Waals surface area contributed by atoms with E-state index in [4.69, 9.17) is 4.74 Å². The Bertz CT molecular complexity index is 831. The van der Waals surface area contributed by atoms with Crippen LogP contribution in [0.4, 0.5) is 5.69 Å². The van der Waals surface area contributed by atoms with Crippen LogP contribution in [0.15, 0.2) is 18.2 Å². The van der Waals surface area contributed by atoms with Gasteiger partial charge in [-0.25, -0.2) is 0 Å². The molecule has 1 aromatic rings. The number of nitrogens with zero attached hydrogens (tertiary/aromatic N) is 3. The van der Waals surface area contributed by atoms with E-state index in [0.717, 1.165) is 49.1 Å². The normalized spacial score (nSPS) is 22.2. The summed E-state index contributed by atoms with van der Waals surface area (Å²) < 4.78 is 5.87. The summed E-state index contributed by atoms with van der Waals surface area (Å²) in [6.07, 6.45) is 8.31. The molecule has 7 nitrogen and oxygen atoms in total. The standard InChI is InChI=1S/C27H42N4O3/c1-21-9-10-25-24(19-21)31(20-22(2)34-25)27(33)12-11-26(32)28-13-6-14-29-15-17-30(18-16-29)23-7-4-3-5-8-23/h9-10,19,22-23H,3-8,11-18,20H2,1-2H3,(H,28,32)/t22-/m0/s1. The van der Waals surface area contributed by atoms with Crippen molar-refractivity contribution in [2.45, 2.75) is 77.4 Å². The number of hydrogen-bond donors (Lipinski definition) is 1. The first-order valence-electron chi connectivity index (χ1n) is 13.3. The van der Waals surface area contributed by atoms with E-state index in [2.05, 4.69) is 15.1 Å². The van der Waals surface area contributed by atoms with Crippen LogP contribution >= 0.6 is 0 Å². The first kappa shape index (κ1) is 25.0. The van der Waals surface area contributed by atoms with Gasteiger partial charge in [-0.15, -0.1) is 0 Å². The molecule has 1 aliphatic carbocycles. The number of aryl methyl sites for hydroxylation is 1. The van der Waals surface area contributed by atoms with Crippen molar-refractivity contribution in [3.63, 3.8) is 0 Å². The summed E-state index contributed by atoms with van der Waals surface area (Å²) >= 11 is 0. The average molecular weight is 471 g/mol. The Balaban J connectivity index is 1.11. The van der Waals surface area contributed by atoms with E-state index in [1.165, 1.54) is 45.2 Å². The molecule has 188 valence electrons. The largest absolute Gasteiger partial charge is 0.487 e. The fourth-order valence-corrected chi connectivity index (χ4v) is 5.56. The first-order valence-corrected chi connectivity index (χ1v) is 13.3. The predicted molar refractivity (Wildman–Crippen MR) is 135 cm³/mol.